The first kappa shape index (κ1) is 12.7. The van der Waals surface area contributed by atoms with Crippen molar-refractivity contribution in [3.63, 3.8) is 0 Å². The number of rotatable bonds is 3. The quantitative estimate of drug-likeness (QED) is 0.890. The molecule has 2 aromatic rings. The maximum absolute atomic E-state index is 11.8. The fourth-order valence-corrected chi connectivity index (χ4v) is 4.01. The van der Waals surface area contributed by atoms with Crippen molar-refractivity contribution < 1.29 is 4.79 Å². The molecule has 90 valence electrons. The first-order valence-electron chi connectivity index (χ1n) is 4.64. The summed E-state index contributed by atoms with van der Waals surface area (Å²) in [6.45, 7) is 0.319. The molecule has 0 aliphatic heterocycles. The topological polar surface area (TPSA) is 59.8 Å². The molecule has 5 nitrogen and oxygen atoms in total. The van der Waals surface area contributed by atoms with E-state index in [1.807, 2.05) is 0 Å². The van der Waals surface area contributed by atoms with E-state index >= 15 is 0 Å². The maximum Gasteiger partial charge on any atom is 0.253 e. The number of halogens is 2. The molecule has 0 radical (unpaired) electrons. The standard InChI is InChI=1S/C9H8Br2N4OS/c1-15-4-13-7(14-15)3-12-9(16)5-2-6(10)17-8(5)11/h2,4H,3H2,1H3,(H,12,16). The largest absolute Gasteiger partial charge is 0.345 e. The summed E-state index contributed by atoms with van der Waals surface area (Å²) in [4.78, 5) is 15.9. The van der Waals surface area contributed by atoms with Crippen molar-refractivity contribution in [1.82, 2.24) is 20.1 Å². The Morgan fingerprint density at radius 3 is 2.88 bits per heavy atom. The van der Waals surface area contributed by atoms with Crippen LogP contribution in [0.4, 0.5) is 0 Å². The molecule has 0 aliphatic carbocycles. The number of nitrogens with zero attached hydrogens (tertiary/aromatic N) is 3. The van der Waals surface area contributed by atoms with Crippen LogP contribution in [0.25, 0.3) is 0 Å². The second-order valence-electron chi connectivity index (χ2n) is 3.26. The zero-order chi connectivity index (χ0) is 12.4. The SMILES string of the molecule is Cn1cnc(CNC(=O)c2cc(Br)sc2Br)n1. The van der Waals surface area contributed by atoms with Crippen molar-refractivity contribution in [3.8, 4) is 0 Å². The van der Waals surface area contributed by atoms with E-state index in [2.05, 4.69) is 47.3 Å². The normalized spacial score (nSPS) is 10.5. The Kier molecular flexibility index (Phi) is 3.95. The number of thiophene rings is 1. The average molecular weight is 380 g/mol. The molecule has 0 spiro atoms. The fraction of sp³-hybridized carbons (Fsp3) is 0.222. The predicted octanol–water partition coefficient (Wildman–Crippen LogP) is 2.33. The van der Waals surface area contributed by atoms with E-state index in [1.165, 1.54) is 11.3 Å². The van der Waals surface area contributed by atoms with Crippen molar-refractivity contribution in [2.24, 2.45) is 7.05 Å². The van der Waals surface area contributed by atoms with Gasteiger partial charge in [-0.25, -0.2) is 4.98 Å². The molecule has 8 heteroatoms. The number of amides is 1. The molecule has 0 atom stereocenters. The molecule has 0 saturated carbocycles. The van der Waals surface area contributed by atoms with E-state index < -0.39 is 0 Å². The van der Waals surface area contributed by atoms with E-state index in [0.29, 0.717) is 17.9 Å². The highest BCUT2D eigenvalue weighted by Gasteiger charge is 2.13. The summed E-state index contributed by atoms with van der Waals surface area (Å²) < 4.78 is 3.31. The van der Waals surface area contributed by atoms with Crippen LogP contribution in [0.5, 0.6) is 0 Å². The highest BCUT2D eigenvalue weighted by atomic mass is 79.9. The van der Waals surface area contributed by atoms with Gasteiger partial charge in [0.1, 0.15) is 6.33 Å². The number of aromatic nitrogens is 3. The Balaban J connectivity index is 2.00. The molecule has 2 rings (SSSR count). The number of carbonyl (C=O) groups is 1. The second kappa shape index (κ2) is 5.28. The zero-order valence-corrected chi connectivity index (χ0v) is 12.8. The molecule has 0 aliphatic rings. The van der Waals surface area contributed by atoms with Crippen LogP contribution in [0.1, 0.15) is 16.2 Å². The van der Waals surface area contributed by atoms with E-state index in [-0.39, 0.29) is 5.91 Å². The van der Waals surface area contributed by atoms with Crippen LogP contribution in [-0.2, 0) is 13.6 Å². The van der Waals surface area contributed by atoms with Gasteiger partial charge in [0.05, 0.1) is 19.7 Å². The Hall–Kier alpha value is -0.730. The Bertz CT molecular complexity index is 551. The zero-order valence-electron chi connectivity index (χ0n) is 8.78. The minimum atomic E-state index is -0.147. The third kappa shape index (κ3) is 3.14. The van der Waals surface area contributed by atoms with Crippen molar-refractivity contribution in [3.05, 3.63) is 31.4 Å². The van der Waals surface area contributed by atoms with Crippen molar-refractivity contribution in [2.75, 3.05) is 0 Å². The van der Waals surface area contributed by atoms with Gasteiger partial charge in [0.2, 0.25) is 0 Å². The maximum atomic E-state index is 11.8. The summed E-state index contributed by atoms with van der Waals surface area (Å²) in [5.41, 5.74) is 0.609. The van der Waals surface area contributed by atoms with E-state index in [4.69, 9.17) is 0 Å². The van der Waals surface area contributed by atoms with E-state index in [9.17, 15) is 4.79 Å². The lowest BCUT2D eigenvalue weighted by atomic mass is 10.3. The lowest BCUT2D eigenvalue weighted by Gasteiger charge is -2.00. The monoisotopic (exact) mass is 378 g/mol. The molecule has 1 amide bonds. The van der Waals surface area contributed by atoms with Gasteiger partial charge in [-0.2, -0.15) is 5.10 Å². The van der Waals surface area contributed by atoms with E-state index in [1.54, 1.807) is 24.1 Å². The highest BCUT2D eigenvalue weighted by molar-refractivity contribution is 9.12. The first-order valence-corrected chi connectivity index (χ1v) is 7.04. The summed E-state index contributed by atoms with van der Waals surface area (Å²) in [5, 5.41) is 6.84. The Morgan fingerprint density at radius 1 is 1.59 bits per heavy atom. The molecule has 2 heterocycles. The van der Waals surface area contributed by atoms with Gasteiger partial charge in [-0.15, -0.1) is 11.3 Å². The lowest BCUT2D eigenvalue weighted by Crippen LogP contribution is -2.23. The Labute approximate surface area is 118 Å². The molecule has 17 heavy (non-hydrogen) atoms. The highest BCUT2D eigenvalue weighted by Crippen LogP contribution is 2.31. The molecule has 0 fully saturated rings. The fourth-order valence-electron chi connectivity index (χ4n) is 1.21. The van der Waals surface area contributed by atoms with Crippen molar-refractivity contribution in [2.45, 2.75) is 6.54 Å². The summed E-state index contributed by atoms with van der Waals surface area (Å²) in [6.07, 6.45) is 1.60. The van der Waals surface area contributed by atoms with Gasteiger partial charge in [-0.05, 0) is 37.9 Å². The van der Waals surface area contributed by atoms with Crippen LogP contribution in [0.15, 0.2) is 20.0 Å². The summed E-state index contributed by atoms with van der Waals surface area (Å²) in [7, 11) is 1.78. The number of hydrogen-bond acceptors (Lipinski definition) is 4. The molecule has 0 saturated heterocycles. The lowest BCUT2D eigenvalue weighted by molar-refractivity contribution is 0.0949. The number of hydrogen-bond donors (Lipinski definition) is 1. The van der Waals surface area contributed by atoms with Crippen LogP contribution in [0, 0.1) is 0 Å². The number of carbonyl (C=O) groups excluding carboxylic acids is 1. The van der Waals surface area contributed by atoms with Gasteiger partial charge in [0.15, 0.2) is 5.82 Å². The summed E-state index contributed by atoms with van der Waals surface area (Å²) >= 11 is 8.13. The Morgan fingerprint density at radius 2 is 2.35 bits per heavy atom. The number of nitrogens with one attached hydrogen (secondary N) is 1. The predicted molar refractivity (Wildman–Crippen MR) is 71.9 cm³/mol. The third-order valence-electron chi connectivity index (χ3n) is 1.96. The van der Waals surface area contributed by atoms with Gasteiger partial charge in [-0.1, -0.05) is 0 Å². The molecule has 0 bridgehead atoms. The van der Waals surface area contributed by atoms with Gasteiger partial charge < -0.3 is 5.32 Å². The van der Waals surface area contributed by atoms with Gasteiger partial charge in [-0.3, -0.25) is 9.48 Å². The molecular formula is C9H8Br2N4OS. The van der Waals surface area contributed by atoms with Gasteiger partial charge >= 0.3 is 0 Å². The van der Waals surface area contributed by atoms with Crippen LogP contribution < -0.4 is 5.32 Å². The second-order valence-corrected chi connectivity index (χ2v) is 7.00. The molecular weight excluding hydrogens is 372 g/mol. The van der Waals surface area contributed by atoms with Crippen LogP contribution >= 0.6 is 43.2 Å². The van der Waals surface area contributed by atoms with Crippen molar-refractivity contribution >= 4 is 49.1 Å². The van der Waals surface area contributed by atoms with Crippen LogP contribution in [-0.4, -0.2) is 20.7 Å². The minimum Gasteiger partial charge on any atom is -0.345 e. The molecule has 0 aromatic carbocycles. The molecule has 2 aromatic heterocycles. The van der Waals surface area contributed by atoms with Crippen molar-refractivity contribution in [1.29, 1.82) is 0 Å². The molecule has 0 unspecified atom stereocenters. The third-order valence-corrected chi connectivity index (χ3v) is 4.29. The van der Waals surface area contributed by atoms with E-state index in [0.717, 1.165) is 7.57 Å². The first-order chi connectivity index (χ1) is 8.06. The van der Waals surface area contributed by atoms with Crippen LogP contribution in [0.3, 0.4) is 0 Å². The summed E-state index contributed by atoms with van der Waals surface area (Å²) in [6, 6.07) is 1.77. The smallest absolute Gasteiger partial charge is 0.253 e. The number of aryl methyl sites for hydroxylation is 1. The van der Waals surface area contributed by atoms with Crippen LogP contribution in [0.2, 0.25) is 0 Å². The van der Waals surface area contributed by atoms with Gasteiger partial charge in [0, 0.05) is 7.05 Å². The average Bonchev–Trinajstić information content (AvgIpc) is 2.81. The summed E-state index contributed by atoms with van der Waals surface area (Å²) in [5.74, 6) is 0.442. The molecule has 1 N–H and O–H groups in total. The minimum absolute atomic E-state index is 0.147. The van der Waals surface area contributed by atoms with Gasteiger partial charge in [0.25, 0.3) is 5.91 Å².